The molecular weight excluding hydrogens is 217 g/mol. The van der Waals surface area contributed by atoms with Crippen LogP contribution in [0.25, 0.3) is 0 Å². The van der Waals surface area contributed by atoms with Gasteiger partial charge in [0.2, 0.25) is 0 Å². The van der Waals surface area contributed by atoms with E-state index in [0.29, 0.717) is 5.41 Å². The summed E-state index contributed by atoms with van der Waals surface area (Å²) in [6.07, 6.45) is 2.06. The first-order chi connectivity index (χ1) is 6.74. The summed E-state index contributed by atoms with van der Waals surface area (Å²) in [6, 6.07) is 0.258. The first kappa shape index (κ1) is 11.7. The van der Waals surface area contributed by atoms with Crippen molar-refractivity contribution in [2.45, 2.75) is 43.9 Å². The van der Waals surface area contributed by atoms with Crippen molar-refractivity contribution in [3.05, 3.63) is 0 Å². The smallest absolute Gasteiger partial charge is 0.276 e. The van der Waals surface area contributed by atoms with Gasteiger partial charge in [-0.3, -0.25) is 0 Å². The van der Waals surface area contributed by atoms with Crippen molar-refractivity contribution in [3.63, 3.8) is 0 Å². The van der Waals surface area contributed by atoms with Crippen LogP contribution in [0.4, 0.5) is 8.78 Å². The Hall–Kier alpha value is 0.210. The molecule has 1 heterocycles. The maximum absolute atomic E-state index is 13.2. The van der Waals surface area contributed by atoms with Crippen molar-refractivity contribution < 1.29 is 8.78 Å². The lowest BCUT2D eigenvalue weighted by molar-refractivity contribution is -0.0354. The minimum Gasteiger partial charge on any atom is -0.316 e. The molecule has 2 rings (SSSR count). The Kier molecular flexibility index (Phi) is 2.61. The molecule has 1 spiro atoms. The van der Waals surface area contributed by atoms with E-state index < -0.39 is 11.2 Å². The van der Waals surface area contributed by atoms with Gasteiger partial charge in [0.05, 0.1) is 5.54 Å². The molecule has 0 bridgehead atoms. The monoisotopic (exact) mass is 236 g/mol. The second-order valence-electron chi connectivity index (χ2n) is 5.60. The highest BCUT2D eigenvalue weighted by Crippen LogP contribution is 2.46. The van der Waals surface area contributed by atoms with E-state index in [1.807, 2.05) is 0 Å². The van der Waals surface area contributed by atoms with Crippen molar-refractivity contribution in [1.82, 2.24) is 10.6 Å². The first-order valence-corrected chi connectivity index (χ1v) is 5.97. The van der Waals surface area contributed by atoms with Gasteiger partial charge >= 0.3 is 0 Å². The molecule has 2 fully saturated rings. The van der Waals surface area contributed by atoms with Crippen LogP contribution in [0.15, 0.2) is 0 Å². The number of nitrogens with one attached hydrogen (secondary N) is 2. The quantitative estimate of drug-likeness (QED) is 0.727. The molecule has 0 amide bonds. The van der Waals surface area contributed by atoms with Crippen LogP contribution < -0.4 is 10.6 Å². The highest BCUT2D eigenvalue weighted by molar-refractivity contribution is 7.18. The Balaban J connectivity index is 1.83. The molecule has 15 heavy (non-hydrogen) atoms. The van der Waals surface area contributed by atoms with Crippen LogP contribution in [0.1, 0.15) is 26.7 Å². The van der Waals surface area contributed by atoms with Gasteiger partial charge in [-0.2, -0.15) is 0 Å². The Morgan fingerprint density at radius 1 is 1.33 bits per heavy atom. The molecule has 0 aromatic carbocycles. The van der Waals surface area contributed by atoms with Gasteiger partial charge in [-0.15, -0.1) is 0 Å². The molecule has 2 N–H and O–H groups in total. The molecule has 1 saturated heterocycles. The molecule has 5 heteroatoms. The summed E-state index contributed by atoms with van der Waals surface area (Å²) in [6.45, 7) is 5.24. The van der Waals surface area contributed by atoms with Gasteiger partial charge in [0.15, 0.2) is 0 Å². The Labute approximate surface area is 91.8 Å². The number of hydrogen-bond acceptors (Lipinski definition) is 2. The second kappa shape index (κ2) is 3.35. The standard InChI is InChI=1S/C10H19F2N2P/c1-8(2,10(11,12)15)14-7-3-9(4-7)5-13-6-9/h7,13-14H,3-6,15H2,1-2H3. The molecule has 1 aliphatic heterocycles. The predicted octanol–water partition coefficient (Wildman–Crippen LogP) is 1.57. The summed E-state index contributed by atoms with van der Waals surface area (Å²) < 4.78 is 26.4. The van der Waals surface area contributed by atoms with Crippen molar-refractivity contribution in [2.24, 2.45) is 5.41 Å². The SMILES string of the molecule is CC(C)(NC1CC2(CNC2)C1)C(F)(F)P. The molecule has 0 aromatic heterocycles. The fourth-order valence-corrected chi connectivity index (χ4v) is 2.54. The summed E-state index contributed by atoms with van der Waals surface area (Å²) in [7, 11) is 1.63. The predicted molar refractivity (Wildman–Crippen MR) is 60.2 cm³/mol. The maximum Gasteiger partial charge on any atom is 0.276 e. The zero-order chi connectivity index (χ0) is 11.3. The lowest BCUT2D eigenvalue weighted by Gasteiger charge is -2.56. The molecule has 1 atom stereocenters. The van der Waals surface area contributed by atoms with Gasteiger partial charge in [-0.25, -0.2) is 8.78 Å². The molecular formula is C10H19F2N2P. The molecule has 0 aromatic rings. The summed E-state index contributed by atoms with van der Waals surface area (Å²) in [5.74, 6) is 0. The highest BCUT2D eigenvalue weighted by Gasteiger charge is 2.52. The normalized spacial score (nSPS) is 26.2. The van der Waals surface area contributed by atoms with E-state index in [4.69, 9.17) is 0 Å². The fraction of sp³-hybridized carbons (Fsp3) is 1.00. The molecule has 1 aliphatic carbocycles. The van der Waals surface area contributed by atoms with Gasteiger partial charge in [0.25, 0.3) is 5.66 Å². The summed E-state index contributed by atoms with van der Waals surface area (Å²) in [5, 5.41) is 6.29. The fourth-order valence-electron chi connectivity index (χ4n) is 2.46. The maximum atomic E-state index is 13.2. The summed E-state index contributed by atoms with van der Waals surface area (Å²) >= 11 is 0. The molecule has 0 radical (unpaired) electrons. The molecule has 88 valence electrons. The number of alkyl halides is 2. The minimum absolute atomic E-state index is 0.258. The van der Waals surface area contributed by atoms with Crippen molar-refractivity contribution >= 4 is 9.24 Å². The second-order valence-corrected chi connectivity index (χ2v) is 6.33. The molecule has 2 nitrogen and oxygen atoms in total. The average molecular weight is 236 g/mol. The van der Waals surface area contributed by atoms with Crippen molar-refractivity contribution in [3.8, 4) is 0 Å². The van der Waals surface area contributed by atoms with Gasteiger partial charge in [0.1, 0.15) is 0 Å². The van der Waals surface area contributed by atoms with Crippen LogP contribution in [-0.4, -0.2) is 30.3 Å². The third-order valence-electron chi connectivity index (χ3n) is 3.76. The van der Waals surface area contributed by atoms with E-state index in [0.717, 1.165) is 25.9 Å². The number of hydrogen-bond donors (Lipinski definition) is 2. The third-order valence-corrected chi connectivity index (χ3v) is 4.48. The third kappa shape index (κ3) is 2.04. The Bertz CT molecular complexity index is 251. The van der Waals surface area contributed by atoms with Crippen molar-refractivity contribution in [1.29, 1.82) is 0 Å². The van der Waals surface area contributed by atoms with E-state index in [1.54, 1.807) is 23.1 Å². The molecule has 1 saturated carbocycles. The van der Waals surface area contributed by atoms with Gasteiger partial charge < -0.3 is 10.6 Å². The zero-order valence-corrected chi connectivity index (χ0v) is 10.4. The van der Waals surface area contributed by atoms with Crippen molar-refractivity contribution in [2.75, 3.05) is 13.1 Å². The van der Waals surface area contributed by atoms with Gasteiger partial charge in [-0.05, 0) is 32.1 Å². The average Bonchev–Trinajstić information content (AvgIpc) is 1.89. The van der Waals surface area contributed by atoms with E-state index in [-0.39, 0.29) is 6.04 Å². The van der Waals surface area contributed by atoms with Crippen LogP contribution in [0, 0.1) is 5.41 Å². The zero-order valence-electron chi connectivity index (χ0n) is 9.24. The van der Waals surface area contributed by atoms with Crippen LogP contribution in [0.2, 0.25) is 0 Å². The molecule has 2 aliphatic rings. The summed E-state index contributed by atoms with van der Waals surface area (Å²) in [4.78, 5) is 0. The van der Waals surface area contributed by atoms with Crippen LogP contribution in [-0.2, 0) is 0 Å². The lowest BCUT2D eigenvalue weighted by Crippen LogP contribution is -2.68. The topological polar surface area (TPSA) is 24.1 Å². The van der Waals surface area contributed by atoms with Crippen LogP contribution in [0.3, 0.4) is 0 Å². The Morgan fingerprint density at radius 3 is 2.20 bits per heavy atom. The number of rotatable bonds is 3. The largest absolute Gasteiger partial charge is 0.316 e. The van der Waals surface area contributed by atoms with Crippen LogP contribution in [0.5, 0.6) is 0 Å². The van der Waals surface area contributed by atoms with E-state index >= 15 is 0 Å². The van der Waals surface area contributed by atoms with E-state index in [9.17, 15) is 8.78 Å². The van der Waals surface area contributed by atoms with E-state index in [1.165, 1.54) is 0 Å². The first-order valence-electron chi connectivity index (χ1n) is 5.39. The summed E-state index contributed by atoms with van der Waals surface area (Å²) in [5.41, 5.74) is -3.46. The highest BCUT2D eigenvalue weighted by atomic mass is 31.0. The minimum atomic E-state index is -2.76. The van der Waals surface area contributed by atoms with Gasteiger partial charge in [-0.1, -0.05) is 9.24 Å². The number of halogens is 2. The lowest BCUT2D eigenvalue weighted by atomic mass is 9.61. The van der Waals surface area contributed by atoms with Gasteiger partial charge in [0, 0.05) is 19.1 Å². The van der Waals surface area contributed by atoms with E-state index in [2.05, 4.69) is 10.6 Å². The molecule has 1 unspecified atom stereocenters. The van der Waals surface area contributed by atoms with Crippen LogP contribution >= 0.6 is 9.24 Å². The Morgan fingerprint density at radius 2 is 1.87 bits per heavy atom.